The van der Waals surface area contributed by atoms with Gasteiger partial charge in [-0.25, -0.2) is 12.7 Å². The molecular weight excluding hydrogens is 376 g/mol. The Labute approximate surface area is 165 Å². The second-order valence-electron chi connectivity index (χ2n) is 6.94. The number of rotatable bonds is 6. The minimum absolute atomic E-state index is 0.141. The average Bonchev–Trinajstić information content (AvgIpc) is 3.04. The van der Waals surface area contributed by atoms with Crippen molar-refractivity contribution in [3.05, 3.63) is 59.4 Å². The number of anilines is 1. The van der Waals surface area contributed by atoms with E-state index in [1.54, 1.807) is 25.3 Å². The molecule has 0 unspecified atom stereocenters. The van der Waals surface area contributed by atoms with E-state index in [2.05, 4.69) is 12.2 Å². The lowest BCUT2D eigenvalue weighted by atomic mass is 10.1. The Hall–Kier alpha value is -2.64. The van der Waals surface area contributed by atoms with Crippen molar-refractivity contribution in [1.82, 2.24) is 4.31 Å². The van der Waals surface area contributed by atoms with Crippen LogP contribution in [0.4, 0.5) is 5.69 Å². The van der Waals surface area contributed by atoms with Crippen LogP contribution in [0.1, 0.15) is 23.6 Å². The maximum Gasteiger partial charge on any atom is 0.242 e. The van der Waals surface area contributed by atoms with Crippen molar-refractivity contribution in [2.75, 3.05) is 19.4 Å². The highest BCUT2D eigenvalue weighted by atomic mass is 32.2. The summed E-state index contributed by atoms with van der Waals surface area (Å²) in [4.78, 5) is 12.7. The lowest BCUT2D eigenvalue weighted by Crippen LogP contribution is -2.23. The number of carbonyl (C=O) groups is 1. The van der Waals surface area contributed by atoms with E-state index in [9.17, 15) is 13.2 Å². The van der Waals surface area contributed by atoms with Crippen LogP contribution in [0.3, 0.4) is 0 Å². The quantitative estimate of drug-likeness (QED) is 0.684. The number of fused-ring (bicyclic) bond motifs is 1. The van der Waals surface area contributed by atoms with Gasteiger partial charge in [-0.3, -0.25) is 4.79 Å². The topological polar surface area (TPSA) is 79.6 Å². The number of sulfonamides is 1. The molecule has 3 rings (SSSR count). The fourth-order valence-electron chi connectivity index (χ4n) is 3.02. The summed E-state index contributed by atoms with van der Waals surface area (Å²) >= 11 is 0. The Balaban J connectivity index is 1.81. The van der Waals surface area contributed by atoms with Crippen LogP contribution in [0.15, 0.2) is 52.0 Å². The smallest absolute Gasteiger partial charge is 0.242 e. The monoisotopic (exact) mass is 400 g/mol. The van der Waals surface area contributed by atoms with Crippen LogP contribution >= 0.6 is 0 Å². The molecular formula is C21H24N2O4S. The first kappa shape index (κ1) is 20.1. The van der Waals surface area contributed by atoms with Gasteiger partial charge in [0.25, 0.3) is 0 Å². The molecule has 0 radical (unpaired) electrons. The summed E-state index contributed by atoms with van der Waals surface area (Å²) < 4.78 is 31.6. The number of hydrogen-bond donors (Lipinski definition) is 1. The molecule has 1 N–H and O–H groups in total. The molecule has 0 saturated heterocycles. The third-order valence-electron chi connectivity index (χ3n) is 4.71. The Morgan fingerprint density at radius 1 is 1.14 bits per heavy atom. The van der Waals surface area contributed by atoms with Crippen LogP contribution in [-0.4, -0.2) is 32.7 Å². The van der Waals surface area contributed by atoms with Gasteiger partial charge in [0.1, 0.15) is 5.58 Å². The van der Waals surface area contributed by atoms with E-state index in [0.717, 1.165) is 27.3 Å². The number of aryl methyl sites for hydroxylation is 2. The van der Waals surface area contributed by atoms with Gasteiger partial charge in [-0.2, -0.15) is 0 Å². The highest BCUT2D eigenvalue weighted by molar-refractivity contribution is 7.89. The van der Waals surface area contributed by atoms with Crippen molar-refractivity contribution in [2.45, 2.75) is 31.6 Å². The molecule has 2 aromatic carbocycles. The molecule has 0 atom stereocenters. The predicted octanol–water partition coefficient (Wildman–Crippen LogP) is 3.74. The Bertz CT molecular complexity index is 1130. The first-order chi connectivity index (χ1) is 13.2. The molecule has 148 valence electrons. The van der Waals surface area contributed by atoms with E-state index in [1.165, 1.54) is 25.7 Å². The minimum Gasteiger partial charge on any atom is -0.464 e. The summed E-state index contributed by atoms with van der Waals surface area (Å²) in [6.07, 6.45) is 2.65. The normalized spacial score (nSPS) is 11.9. The molecule has 0 aliphatic carbocycles. The van der Waals surface area contributed by atoms with Crippen molar-refractivity contribution in [1.29, 1.82) is 0 Å². The highest BCUT2D eigenvalue weighted by Crippen LogP contribution is 2.25. The third kappa shape index (κ3) is 3.95. The van der Waals surface area contributed by atoms with Crippen LogP contribution in [0, 0.1) is 6.92 Å². The highest BCUT2D eigenvalue weighted by Gasteiger charge is 2.20. The van der Waals surface area contributed by atoms with Gasteiger partial charge in [0.05, 0.1) is 17.6 Å². The first-order valence-corrected chi connectivity index (χ1v) is 10.5. The summed E-state index contributed by atoms with van der Waals surface area (Å²) in [5, 5.41) is 3.69. The second-order valence-corrected chi connectivity index (χ2v) is 9.06. The van der Waals surface area contributed by atoms with Crippen molar-refractivity contribution < 1.29 is 17.6 Å². The lowest BCUT2D eigenvalue weighted by molar-refractivity contribution is -0.115. The Morgan fingerprint density at radius 2 is 1.89 bits per heavy atom. The third-order valence-corrected chi connectivity index (χ3v) is 6.67. The second kappa shape index (κ2) is 7.77. The largest absolute Gasteiger partial charge is 0.464 e. The first-order valence-electron chi connectivity index (χ1n) is 9.04. The van der Waals surface area contributed by atoms with Crippen LogP contribution in [0.5, 0.6) is 0 Å². The fourth-order valence-corrected chi connectivity index (χ4v) is 4.16. The molecule has 0 fully saturated rings. The van der Waals surface area contributed by atoms with Crippen molar-refractivity contribution >= 4 is 32.6 Å². The van der Waals surface area contributed by atoms with E-state index in [4.69, 9.17) is 4.42 Å². The Morgan fingerprint density at radius 3 is 2.57 bits per heavy atom. The zero-order chi connectivity index (χ0) is 20.5. The molecule has 28 heavy (non-hydrogen) atoms. The maximum atomic E-state index is 12.5. The van der Waals surface area contributed by atoms with Crippen LogP contribution in [0.25, 0.3) is 11.0 Å². The van der Waals surface area contributed by atoms with E-state index >= 15 is 0 Å². The van der Waals surface area contributed by atoms with E-state index in [1.807, 2.05) is 18.2 Å². The van der Waals surface area contributed by atoms with Crippen molar-refractivity contribution in [2.24, 2.45) is 0 Å². The van der Waals surface area contributed by atoms with E-state index in [0.29, 0.717) is 11.3 Å². The van der Waals surface area contributed by atoms with Crippen LogP contribution in [0.2, 0.25) is 0 Å². The molecule has 7 heteroatoms. The van der Waals surface area contributed by atoms with Crippen LogP contribution < -0.4 is 5.32 Å². The van der Waals surface area contributed by atoms with E-state index < -0.39 is 10.0 Å². The van der Waals surface area contributed by atoms with Gasteiger partial charge in [-0.15, -0.1) is 0 Å². The molecule has 0 spiro atoms. The summed E-state index contributed by atoms with van der Waals surface area (Å²) in [7, 11) is -0.624. The number of nitrogens with zero attached hydrogens (tertiary/aromatic N) is 1. The molecule has 6 nitrogen and oxygen atoms in total. The number of amides is 1. The SMILES string of the molecule is CCc1ccc2c(CC(=O)Nc3ccc(C)c(S(=O)(=O)N(C)C)c3)coc2c1. The standard InChI is InChI=1S/C21H24N2O4S/c1-5-15-7-9-18-16(13-27-19(18)10-15)11-21(24)22-17-8-6-14(2)20(12-17)28(25,26)23(3)4/h6-10,12-13H,5,11H2,1-4H3,(H,22,24). The maximum absolute atomic E-state index is 12.5. The van der Waals surface area contributed by atoms with Crippen molar-refractivity contribution in [3.8, 4) is 0 Å². The number of nitrogens with one attached hydrogen (secondary N) is 1. The number of benzene rings is 2. The van der Waals surface area contributed by atoms with Gasteiger partial charge in [-0.1, -0.05) is 25.1 Å². The van der Waals surface area contributed by atoms with Crippen LogP contribution in [-0.2, 0) is 27.7 Å². The van der Waals surface area contributed by atoms with E-state index in [-0.39, 0.29) is 17.2 Å². The van der Waals surface area contributed by atoms with Gasteiger partial charge in [-0.05, 0) is 42.7 Å². The molecule has 0 aliphatic heterocycles. The summed E-state index contributed by atoms with van der Waals surface area (Å²) in [5.74, 6) is -0.237. The molecule has 0 saturated carbocycles. The van der Waals surface area contributed by atoms with Gasteiger partial charge in [0.15, 0.2) is 0 Å². The lowest BCUT2D eigenvalue weighted by Gasteiger charge is -2.15. The van der Waals surface area contributed by atoms with Gasteiger partial charge in [0, 0.05) is 30.7 Å². The number of furan rings is 1. The van der Waals surface area contributed by atoms with Gasteiger partial charge < -0.3 is 9.73 Å². The molecule has 1 amide bonds. The molecule has 0 bridgehead atoms. The Kier molecular flexibility index (Phi) is 5.58. The zero-order valence-corrected chi connectivity index (χ0v) is 17.3. The number of carbonyl (C=O) groups excluding carboxylic acids is 1. The number of hydrogen-bond acceptors (Lipinski definition) is 4. The van der Waals surface area contributed by atoms with Gasteiger partial charge >= 0.3 is 0 Å². The van der Waals surface area contributed by atoms with Crippen molar-refractivity contribution in [3.63, 3.8) is 0 Å². The minimum atomic E-state index is -3.58. The molecule has 1 aromatic heterocycles. The average molecular weight is 401 g/mol. The summed E-state index contributed by atoms with van der Waals surface area (Å²) in [6, 6.07) is 10.8. The molecule has 1 heterocycles. The van der Waals surface area contributed by atoms with Gasteiger partial charge in [0.2, 0.25) is 15.9 Å². The predicted molar refractivity (Wildman–Crippen MR) is 110 cm³/mol. The summed E-state index contributed by atoms with van der Waals surface area (Å²) in [6.45, 7) is 3.80. The molecule has 0 aliphatic rings. The zero-order valence-electron chi connectivity index (χ0n) is 16.4. The fraction of sp³-hybridized carbons (Fsp3) is 0.286. The molecule has 3 aromatic rings. The summed E-state index contributed by atoms with van der Waals surface area (Å²) in [5.41, 5.74) is 3.80.